The maximum atomic E-state index is 11.2. The second kappa shape index (κ2) is 10.9. The average Bonchev–Trinajstić information content (AvgIpc) is 3.00. The van der Waals surface area contributed by atoms with E-state index in [1.54, 1.807) is 32.0 Å². The Morgan fingerprint density at radius 2 is 1.61 bits per heavy atom. The van der Waals surface area contributed by atoms with E-state index in [0.29, 0.717) is 17.4 Å². The van der Waals surface area contributed by atoms with E-state index in [1.165, 1.54) is 0 Å². The number of amidine groups is 1. The van der Waals surface area contributed by atoms with Gasteiger partial charge in [0.15, 0.2) is 22.4 Å². The summed E-state index contributed by atoms with van der Waals surface area (Å²) in [5.74, 6) is 2.41. The van der Waals surface area contributed by atoms with Crippen molar-refractivity contribution in [2.24, 2.45) is 22.7 Å². The highest BCUT2D eigenvalue weighted by Crippen LogP contribution is 2.61. The van der Waals surface area contributed by atoms with Crippen molar-refractivity contribution in [2.75, 3.05) is 20.0 Å². The minimum atomic E-state index is -0.884. The number of hydrogen-bond donors (Lipinski definition) is 3. The number of hydrogen-bond acceptors (Lipinski definition) is 8. The topological polar surface area (TPSA) is 92.5 Å². The van der Waals surface area contributed by atoms with Crippen LogP contribution in [0.1, 0.15) is 48.4 Å². The number of phenols is 2. The summed E-state index contributed by atoms with van der Waals surface area (Å²) in [4.78, 5) is 5.24. The molecule has 3 aromatic rings. The number of ether oxygens (including phenoxy) is 3. The van der Waals surface area contributed by atoms with Gasteiger partial charge in [-0.25, -0.2) is 0 Å². The third-order valence-electron chi connectivity index (χ3n) is 8.77. The molecule has 41 heavy (non-hydrogen) atoms. The van der Waals surface area contributed by atoms with Crippen LogP contribution in [0.5, 0.6) is 28.7 Å². The number of fused-ring (bicyclic) bond motifs is 1. The molecule has 3 N–H and O–H groups in total. The second-order valence-electron chi connectivity index (χ2n) is 11.2. The van der Waals surface area contributed by atoms with Crippen molar-refractivity contribution in [3.8, 4) is 28.7 Å². The molecule has 214 valence electrons. The van der Waals surface area contributed by atoms with E-state index in [0.717, 1.165) is 46.2 Å². The number of thioether (sulfide) groups is 1. The molecule has 0 unspecified atom stereocenters. The average molecular weight is 573 g/mol. The van der Waals surface area contributed by atoms with E-state index in [2.05, 4.69) is 43.1 Å². The molecule has 1 fully saturated rings. The van der Waals surface area contributed by atoms with Crippen LogP contribution in [0.3, 0.4) is 0 Å². The van der Waals surface area contributed by atoms with Crippen molar-refractivity contribution in [3.63, 3.8) is 0 Å². The first-order chi connectivity index (χ1) is 19.9. The van der Waals surface area contributed by atoms with Gasteiger partial charge in [0, 0.05) is 29.1 Å². The van der Waals surface area contributed by atoms with Gasteiger partial charge >= 0.3 is 0 Å². The maximum absolute atomic E-state index is 11.2. The van der Waals surface area contributed by atoms with Crippen LogP contribution in [0, 0.1) is 17.8 Å². The smallest absolute Gasteiger partial charge is 0.200 e. The molecule has 7 nitrogen and oxygen atoms in total. The summed E-state index contributed by atoms with van der Waals surface area (Å²) in [6, 6.07) is 19.5. The van der Waals surface area contributed by atoms with Crippen molar-refractivity contribution in [3.05, 3.63) is 90.0 Å². The van der Waals surface area contributed by atoms with Gasteiger partial charge in [-0.1, -0.05) is 55.1 Å². The zero-order chi connectivity index (χ0) is 28.7. The molecule has 8 heteroatoms. The molecule has 1 saturated carbocycles. The lowest BCUT2D eigenvalue weighted by Gasteiger charge is -2.59. The highest BCUT2D eigenvalue weighted by atomic mass is 32.2. The fraction of sp³-hybridized carbons (Fsp3) is 0.364. The first-order valence-electron chi connectivity index (χ1n) is 14.0. The number of nitrogens with zero attached hydrogens (tertiary/aromatic N) is 1. The molecule has 0 bridgehead atoms. The first kappa shape index (κ1) is 27.4. The van der Waals surface area contributed by atoms with Gasteiger partial charge in [0.2, 0.25) is 5.75 Å². The molecule has 1 aliphatic carbocycles. The molecule has 1 spiro atoms. The maximum Gasteiger partial charge on any atom is 0.200 e. The van der Waals surface area contributed by atoms with Crippen molar-refractivity contribution < 1.29 is 24.4 Å². The van der Waals surface area contributed by atoms with Crippen LogP contribution in [-0.4, -0.2) is 41.1 Å². The Hall–Kier alpha value is -3.78. The van der Waals surface area contributed by atoms with Crippen molar-refractivity contribution in [1.29, 1.82) is 0 Å². The van der Waals surface area contributed by atoms with Gasteiger partial charge in [-0.3, -0.25) is 4.99 Å². The Balaban J connectivity index is 1.56. The lowest BCUT2D eigenvalue weighted by atomic mass is 9.58. The Labute approximate surface area is 245 Å². The number of nitrogens with one attached hydrogen (secondary N) is 1. The van der Waals surface area contributed by atoms with E-state index in [4.69, 9.17) is 19.2 Å². The molecule has 2 heterocycles. The van der Waals surface area contributed by atoms with Crippen LogP contribution in [0.2, 0.25) is 0 Å². The van der Waals surface area contributed by atoms with E-state index in [-0.39, 0.29) is 35.3 Å². The van der Waals surface area contributed by atoms with Gasteiger partial charge in [-0.15, -0.1) is 6.58 Å². The Morgan fingerprint density at radius 3 is 2.24 bits per heavy atom. The van der Waals surface area contributed by atoms with E-state index in [9.17, 15) is 10.2 Å². The molecule has 3 aliphatic rings. The lowest BCUT2D eigenvalue weighted by molar-refractivity contribution is -0.127. The highest BCUT2D eigenvalue weighted by molar-refractivity contribution is 8.13. The molecule has 0 saturated heterocycles. The highest BCUT2D eigenvalue weighted by Gasteiger charge is 2.62. The largest absolute Gasteiger partial charge is 0.504 e. The predicted molar refractivity (Wildman–Crippen MR) is 162 cm³/mol. The van der Waals surface area contributed by atoms with Crippen LogP contribution < -0.4 is 19.5 Å². The van der Waals surface area contributed by atoms with E-state index in [1.807, 2.05) is 36.4 Å². The van der Waals surface area contributed by atoms with Gasteiger partial charge in [-0.05, 0) is 60.2 Å². The Bertz CT molecular complexity index is 1460. The van der Waals surface area contributed by atoms with Crippen molar-refractivity contribution >= 4 is 16.9 Å². The predicted octanol–water partition coefficient (Wildman–Crippen LogP) is 6.62. The third kappa shape index (κ3) is 4.68. The molecular formula is C33H36N2O5S. The number of aromatic hydroxyl groups is 2. The summed E-state index contributed by atoms with van der Waals surface area (Å²) in [5.41, 5.74) is 2.16. The second-order valence-corrected chi connectivity index (χ2v) is 12.2. The minimum absolute atomic E-state index is 0.0108. The monoisotopic (exact) mass is 572 g/mol. The molecule has 3 aromatic carbocycles. The fourth-order valence-electron chi connectivity index (χ4n) is 6.97. The summed E-state index contributed by atoms with van der Waals surface area (Å²) < 4.78 is 17.9. The van der Waals surface area contributed by atoms with Crippen LogP contribution >= 0.6 is 11.8 Å². The molecular weight excluding hydrogens is 536 g/mol. The number of rotatable bonds is 6. The molecule has 6 rings (SSSR count). The lowest BCUT2D eigenvalue weighted by Crippen LogP contribution is -2.70. The quantitative estimate of drug-likeness (QED) is 0.226. The zero-order valence-corrected chi connectivity index (χ0v) is 24.4. The number of benzene rings is 3. The fourth-order valence-corrected chi connectivity index (χ4v) is 7.67. The van der Waals surface area contributed by atoms with Gasteiger partial charge in [0.05, 0.1) is 20.3 Å². The summed E-state index contributed by atoms with van der Waals surface area (Å²) in [6.45, 7) is 6.21. The zero-order valence-electron chi connectivity index (χ0n) is 23.5. The van der Waals surface area contributed by atoms with Crippen molar-refractivity contribution in [2.45, 2.75) is 37.5 Å². The van der Waals surface area contributed by atoms with Gasteiger partial charge in [0.25, 0.3) is 0 Å². The van der Waals surface area contributed by atoms with Crippen LogP contribution in [0.15, 0.2) is 78.3 Å². The summed E-state index contributed by atoms with van der Waals surface area (Å²) in [6.07, 6.45) is 3.66. The SMILES string of the molecule is C=CCSC1=N[C@H](c2ccc(OC)cc2)[C@@H]2C[C@H](C)C[C@@H]3[C@H](c4ccc(OC)cc4)c4ccc(O)c(O)c4O[C@]32N1. The van der Waals surface area contributed by atoms with Crippen LogP contribution in [0.4, 0.5) is 0 Å². The molecule has 0 aromatic heterocycles. The minimum Gasteiger partial charge on any atom is -0.504 e. The number of phenolic OH excluding ortho intramolecular Hbond substituents is 2. The number of methoxy groups -OCH3 is 2. The standard InChI is InChI=1S/C33H36N2O5S/c1-5-16-41-32-34-29(21-8-12-23(39-4)13-9-21)26-18-19(2)17-25-28(20-6-10-22(38-3)11-7-20)24-14-15-27(36)30(37)31(24)40-33(25,26)35-32/h5-15,19,25-26,28-29,36-37H,1,16-18H2,2-4H3,(H,34,35)/t19-,25-,26+,28-,29-,33-/m1/s1. The first-order valence-corrected chi connectivity index (χ1v) is 15.0. The van der Waals surface area contributed by atoms with E-state index < -0.39 is 5.72 Å². The normalized spacial score (nSPS) is 28.1. The summed E-state index contributed by atoms with van der Waals surface area (Å²) >= 11 is 1.59. The van der Waals surface area contributed by atoms with Crippen LogP contribution in [0.25, 0.3) is 0 Å². The molecule has 0 radical (unpaired) electrons. The Morgan fingerprint density at radius 1 is 0.976 bits per heavy atom. The van der Waals surface area contributed by atoms with E-state index >= 15 is 0 Å². The number of aliphatic imine (C=N–C) groups is 1. The van der Waals surface area contributed by atoms with Gasteiger partial charge in [0.1, 0.15) is 11.5 Å². The molecule has 0 amide bonds. The van der Waals surface area contributed by atoms with Gasteiger partial charge in [-0.2, -0.15) is 0 Å². The summed E-state index contributed by atoms with van der Waals surface area (Å²) in [5, 5.41) is 26.3. The van der Waals surface area contributed by atoms with Crippen molar-refractivity contribution in [1.82, 2.24) is 5.32 Å². The Kier molecular flexibility index (Phi) is 7.28. The third-order valence-corrected chi connectivity index (χ3v) is 9.66. The summed E-state index contributed by atoms with van der Waals surface area (Å²) in [7, 11) is 3.33. The molecule has 6 atom stereocenters. The van der Waals surface area contributed by atoms with Gasteiger partial charge < -0.3 is 29.7 Å². The molecule has 2 aliphatic heterocycles. The van der Waals surface area contributed by atoms with Crippen LogP contribution in [-0.2, 0) is 0 Å².